The van der Waals surface area contributed by atoms with Crippen LogP contribution in [0.5, 0.6) is 0 Å². The molecular weight excluding hydrogens is 300 g/mol. The summed E-state index contributed by atoms with van der Waals surface area (Å²) in [5.74, 6) is -0.974. The average molecular weight is 322 g/mol. The summed E-state index contributed by atoms with van der Waals surface area (Å²) >= 11 is 0. The van der Waals surface area contributed by atoms with Crippen LogP contribution in [0.1, 0.15) is 53.6 Å². The number of aryl methyl sites for hydroxylation is 1. The van der Waals surface area contributed by atoms with Crippen molar-refractivity contribution in [3.8, 4) is 6.07 Å². The van der Waals surface area contributed by atoms with Crippen molar-refractivity contribution in [2.75, 3.05) is 0 Å². The molecule has 1 heterocycles. The number of aromatic carboxylic acids is 1. The predicted octanol–water partition coefficient (Wildman–Crippen LogP) is 4.62. The fraction of sp³-hybridized carbons (Fsp3) is 0.300. The lowest BCUT2D eigenvalue weighted by molar-refractivity contribution is 0.0697. The number of carboxylic acids is 1. The van der Waals surface area contributed by atoms with Crippen LogP contribution in [-0.2, 0) is 5.54 Å². The number of carboxylic acid groups (broad SMARTS) is 1. The molecule has 1 N–H and O–H groups in total. The molecule has 1 aromatic heterocycles. The van der Waals surface area contributed by atoms with Crippen LogP contribution in [0.15, 0.2) is 30.3 Å². The maximum Gasteiger partial charge on any atom is 0.335 e. The quantitative estimate of drug-likeness (QED) is 0.838. The van der Waals surface area contributed by atoms with Crippen molar-refractivity contribution in [3.63, 3.8) is 0 Å². The third-order valence-electron chi connectivity index (χ3n) is 4.00. The Balaban J connectivity index is 2.49. The second-order valence-corrected chi connectivity index (χ2v) is 6.89. The molecule has 0 aliphatic carbocycles. The number of carbonyl (C=O) groups is 1. The van der Waals surface area contributed by atoms with Crippen LogP contribution in [0.2, 0.25) is 0 Å². The molecule has 0 saturated heterocycles. The van der Waals surface area contributed by atoms with Gasteiger partial charge in [0.1, 0.15) is 0 Å². The second kappa shape index (κ2) is 6.37. The Labute approximate surface area is 142 Å². The number of nitrogens with zero attached hydrogens (tertiary/aromatic N) is 2. The minimum atomic E-state index is -0.974. The molecular formula is C20H22N2O2. The fourth-order valence-electron chi connectivity index (χ4n) is 3.09. The first-order valence-corrected chi connectivity index (χ1v) is 7.80. The first kappa shape index (κ1) is 17.6. The van der Waals surface area contributed by atoms with Gasteiger partial charge in [-0.3, -0.25) is 0 Å². The van der Waals surface area contributed by atoms with Crippen LogP contribution in [0.25, 0.3) is 11.6 Å². The number of rotatable bonds is 3. The Morgan fingerprint density at radius 2 is 1.71 bits per heavy atom. The number of aromatic nitrogens is 1. The van der Waals surface area contributed by atoms with Gasteiger partial charge >= 0.3 is 5.97 Å². The molecule has 0 radical (unpaired) electrons. The Morgan fingerprint density at radius 3 is 2.12 bits per heavy atom. The van der Waals surface area contributed by atoms with Gasteiger partial charge in [0, 0.05) is 16.9 Å². The largest absolute Gasteiger partial charge is 0.478 e. The van der Waals surface area contributed by atoms with Crippen molar-refractivity contribution >= 4 is 17.6 Å². The molecule has 0 bridgehead atoms. The molecule has 2 aromatic rings. The molecule has 0 aliphatic heterocycles. The van der Waals surface area contributed by atoms with Crippen LogP contribution in [-0.4, -0.2) is 15.6 Å². The summed E-state index contributed by atoms with van der Waals surface area (Å²) < 4.78 is 2.25. The van der Waals surface area contributed by atoms with E-state index in [0.717, 1.165) is 17.0 Å². The summed E-state index contributed by atoms with van der Waals surface area (Å²) in [5, 5.41) is 18.5. The third-order valence-corrected chi connectivity index (χ3v) is 4.00. The van der Waals surface area contributed by atoms with E-state index in [1.54, 1.807) is 12.1 Å². The highest BCUT2D eigenvalue weighted by Crippen LogP contribution is 2.27. The standard InChI is InChI=1S/C20H22N2O2/c1-13-10-17(14(2)22(13)20(3,4)5)11-18(12-21)15-6-8-16(9-7-15)19(23)24/h6-11H,1-5H3,(H,23,24). The number of nitriles is 1. The van der Waals surface area contributed by atoms with Crippen molar-refractivity contribution in [2.45, 2.75) is 40.2 Å². The predicted molar refractivity (Wildman–Crippen MR) is 95.8 cm³/mol. The Hall–Kier alpha value is -2.80. The van der Waals surface area contributed by atoms with Crippen LogP contribution >= 0.6 is 0 Å². The zero-order valence-corrected chi connectivity index (χ0v) is 14.7. The molecule has 0 aliphatic rings. The van der Waals surface area contributed by atoms with Crippen molar-refractivity contribution in [2.24, 2.45) is 0 Å². The monoisotopic (exact) mass is 322 g/mol. The van der Waals surface area contributed by atoms with E-state index < -0.39 is 5.97 Å². The highest BCUT2D eigenvalue weighted by atomic mass is 16.4. The molecule has 2 rings (SSSR count). The zero-order valence-electron chi connectivity index (χ0n) is 14.7. The summed E-state index contributed by atoms with van der Waals surface area (Å²) in [6, 6.07) is 10.7. The van der Waals surface area contributed by atoms with E-state index in [0.29, 0.717) is 11.1 Å². The average Bonchev–Trinajstić information content (AvgIpc) is 2.78. The zero-order chi connectivity index (χ0) is 18.1. The number of hydrogen-bond acceptors (Lipinski definition) is 2. The van der Waals surface area contributed by atoms with Gasteiger partial charge in [-0.1, -0.05) is 12.1 Å². The first-order valence-electron chi connectivity index (χ1n) is 7.80. The van der Waals surface area contributed by atoms with Gasteiger partial charge in [0.2, 0.25) is 0 Å². The number of allylic oxidation sites excluding steroid dienone is 1. The summed E-state index contributed by atoms with van der Waals surface area (Å²) in [6.07, 6.45) is 1.86. The molecule has 24 heavy (non-hydrogen) atoms. The van der Waals surface area contributed by atoms with Gasteiger partial charge in [-0.15, -0.1) is 0 Å². The third kappa shape index (κ3) is 3.41. The molecule has 0 atom stereocenters. The van der Waals surface area contributed by atoms with Crippen LogP contribution in [0.4, 0.5) is 0 Å². The van der Waals surface area contributed by atoms with Crippen LogP contribution in [0.3, 0.4) is 0 Å². The molecule has 0 amide bonds. The van der Waals surface area contributed by atoms with Gasteiger partial charge in [-0.2, -0.15) is 5.26 Å². The van der Waals surface area contributed by atoms with E-state index in [2.05, 4.69) is 44.4 Å². The summed E-state index contributed by atoms with van der Waals surface area (Å²) in [7, 11) is 0. The van der Waals surface area contributed by atoms with Gasteiger partial charge in [-0.25, -0.2) is 4.79 Å². The summed E-state index contributed by atoms with van der Waals surface area (Å²) in [6.45, 7) is 10.6. The van der Waals surface area contributed by atoms with Crippen molar-refractivity contribution in [3.05, 3.63) is 58.4 Å². The van der Waals surface area contributed by atoms with Crippen molar-refractivity contribution < 1.29 is 9.90 Å². The fourth-order valence-corrected chi connectivity index (χ4v) is 3.09. The van der Waals surface area contributed by atoms with Crippen molar-refractivity contribution in [1.29, 1.82) is 5.26 Å². The maximum absolute atomic E-state index is 10.9. The van der Waals surface area contributed by atoms with E-state index in [9.17, 15) is 10.1 Å². The molecule has 1 aromatic carbocycles. The topological polar surface area (TPSA) is 66.0 Å². The van der Waals surface area contributed by atoms with Gasteiger partial charge in [0.15, 0.2) is 0 Å². The van der Waals surface area contributed by atoms with Crippen molar-refractivity contribution in [1.82, 2.24) is 4.57 Å². The van der Waals surface area contributed by atoms with E-state index in [4.69, 9.17) is 5.11 Å². The Morgan fingerprint density at radius 1 is 1.17 bits per heavy atom. The van der Waals surface area contributed by atoms with E-state index in [1.807, 2.05) is 13.0 Å². The van der Waals surface area contributed by atoms with Gasteiger partial charge in [0.05, 0.1) is 17.2 Å². The minimum Gasteiger partial charge on any atom is -0.478 e. The highest BCUT2D eigenvalue weighted by Gasteiger charge is 2.19. The summed E-state index contributed by atoms with van der Waals surface area (Å²) in [5.41, 5.74) is 4.66. The van der Waals surface area contributed by atoms with Crippen LogP contribution < -0.4 is 0 Å². The number of hydrogen-bond donors (Lipinski definition) is 1. The summed E-state index contributed by atoms with van der Waals surface area (Å²) in [4.78, 5) is 10.9. The van der Waals surface area contributed by atoms with Gasteiger partial charge in [0.25, 0.3) is 0 Å². The lowest BCUT2D eigenvalue weighted by Gasteiger charge is -2.25. The van der Waals surface area contributed by atoms with E-state index in [1.165, 1.54) is 12.1 Å². The van der Waals surface area contributed by atoms with E-state index in [-0.39, 0.29) is 11.1 Å². The highest BCUT2D eigenvalue weighted by molar-refractivity contribution is 5.92. The molecule has 4 nitrogen and oxygen atoms in total. The minimum absolute atomic E-state index is 0.0315. The maximum atomic E-state index is 10.9. The molecule has 124 valence electrons. The van der Waals surface area contributed by atoms with Gasteiger partial charge < -0.3 is 9.67 Å². The van der Waals surface area contributed by atoms with E-state index >= 15 is 0 Å². The SMILES string of the molecule is Cc1cc(C=C(C#N)c2ccc(C(=O)O)cc2)c(C)n1C(C)(C)C. The van der Waals surface area contributed by atoms with Crippen LogP contribution in [0, 0.1) is 25.2 Å². The molecule has 0 saturated carbocycles. The normalized spacial score (nSPS) is 12.1. The lowest BCUT2D eigenvalue weighted by Crippen LogP contribution is -2.24. The second-order valence-electron chi connectivity index (χ2n) is 6.89. The molecule has 0 fully saturated rings. The molecule has 0 unspecified atom stereocenters. The molecule has 4 heteroatoms. The Bertz CT molecular complexity index is 841. The smallest absolute Gasteiger partial charge is 0.335 e. The Kier molecular flexibility index (Phi) is 4.66. The first-order chi connectivity index (χ1) is 11.1. The van der Waals surface area contributed by atoms with Gasteiger partial charge in [-0.05, 0) is 70.0 Å². The lowest BCUT2D eigenvalue weighted by atomic mass is 10.0. The number of benzene rings is 1. The molecule has 0 spiro atoms.